The molecule has 1 N–H and O–H groups in total. The molecule has 1 aliphatic rings. The lowest BCUT2D eigenvalue weighted by molar-refractivity contribution is -0.111. The summed E-state index contributed by atoms with van der Waals surface area (Å²) in [5.74, 6) is 0.485. The summed E-state index contributed by atoms with van der Waals surface area (Å²) < 4.78 is 43.3. The number of carbonyl (C=O) groups is 1. The summed E-state index contributed by atoms with van der Waals surface area (Å²) in [6, 6.07) is 7.88. The highest BCUT2D eigenvalue weighted by Gasteiger charge is 2.27. The molecule has 1 fully saturated rings. The molecular weight excluding hydrogens is 396 g/mol. The van der Waals surface area contributed by atoms with Gasteiger partial charge in [0.1, 0.15) is 11.5 Å². The molecule has 0 aliphatic carbocycles. The molecule has 1 amide bonds. The second-order valence-corrected chi connectivity index (χ2v) is 8.62. The van der Waals surface area contributed by atoms with Crippen molar-refractivity contribution >= 4 is 27.7 Å². The second kappa shape index (κ2) is 9.25. The number of morpholine rings is 1. The molecule has 2 aromatic rings. The Kier molecular flexibility index (Phi) is 6.73. The minimum atomic E-state index is -3.70. The van der Waals surface area contributed by atoms with Crippen LogP contribution in [0.2, 0.25) is 0 Å². The highest BCUT2D eigenvalue weighted by Crippen LogP contribution is 2.30. The highest BCUT2D eigenvalue weighted by atomic mass is 32.2. The average molecular weight is 420 g/mol. The number of rotatable bonds is 7. The van der Waals surface area contributed by atoms with Crippen LogP contribution in [0, 0.1) is 0 Å². The first-order valence-electron chi connectivity index (χ1n) is 9.27. The third-order valence-corrected chi connectivity index (χ3v) is 6.02. The lowest BCUT2D eigenvalue weighted by Gasteiger charge is -2.26. The van der Waals surface area contributed by atoms with Crippen molar-refractivity contribution in [3.63, 3.8) is 0 Å². The SMILES string of the molecule is CC(C)Oc1ccc(S(=O)(=O)N2CCOCC2)cc1NC(=O)/C=C\c1ccco1. The maximum absolute atomic E-state index is 12.9. The number of ether oxygens (including phenoxy) is 2. The third kappa shape index (κ3) is 5.47. The van der Waals surface area contributed by atoms with E-state index in [0.717, 1.165) is 0 Å². The van der Waals surface area contributed by atoms with Crippen molar-refractivity contribution < 1.29 is 27.1 Å². The molecule has 1 aromatic heterocycles. The zero-order chi connectivity index (χ0) is 20.9. The minimum absolute atomic E-state index is 0.0841. The molecule has 0 atom stereocenters. The standard InChI is InChI=1S/C20H24N2O6S/c1-15(2)28-19-7-6-17(29(24,25)22-9-12-26-13-10-22)14-18(19)21-20(23)8-5-16-4-3-11-27-16/h3-8,11,14-15H,9-10,12-13H2,1-2H3,(H,21,23)/b8-5-. The van der Waals surface area contributed by atoms with Crippen LogP contribution in [-0.4, -0.2) is 51.0 Å². The van der Waals surface area contributed by atoms with E-state index in [2.05, 4.69) is 5.32 Å². The van der Waals surface area contributed by atoms with Gasteiger partial charge in [0.15, 0.2) is 0 Å². The van der Waals surface area contributed by atoms with Gasteiger partial charge in [-0.05, 0) is 50.3 Å². The second-order valence-electron chi connectivity index (χ2n) is 6.68. The molecule has 3 rings (SSSR count). The van der Waals surface area contributed by atoms with Crippen LogP contribution in [0.3, 0.4) is 0 Å². The van der Waals surface area contributed by atoms with Gasteiger partial charge in [0.05, 0.1) is 36.2 Å². The van der Waals surface area contributed by atoms with Crippen molar-refractivity contribution in [3.8, 4) is 5.75 Å². The van der Waals surface area contributed by atoms with Crippen molar-refractivity contribution in [2.45, 2.75) is 24.8 Å². The molecule has 1 aromatic carbocycles. The zero-order valence-corrected chi connectivity index (χ0v) is 17.1. The van der Waals surface area contributed by atoms with Gasteiger partial charge in [0.25, 0.3) is 0 Å². The molecule has 156 valence electrons. The first kappa shape index (κ1) is 21.1. The van der Waals surface area contributed by atoms with Crippen LogP contribution in [0.25, 0.3) is 6.08 Å². The fraction of sp³-hybridized carbons (Fsp3) is 0.350. The Morgan fingerprint density at radius 3 is 2.66 bits per heavy atom. The van der Waals surface area contributed by atoms with E-state index < -0.39 is 15.9 Å². The van der Waals surface area contributed by atoms with E-state index in [-0.39, 0.29) is 16.7 Å². The summed E-state index contributed by atoms with van der Waals surface area (Å²) in [4.78, 5) is 12.4. The molecular formula is C20H24N2O6S. The monoisotopic (exact) mass is 420 g/mol. The number of hydrogen-bond acceptors (Lipinski definition) is 6. The Morgan fingerprint density at radius 2 is 2.00 bits per heavy atom. The Hall–Kier alpha value is -2.62. The van der Waals surface area contributed by atoms with Gasteiger partial charge in [-0.15, -0.1) is 0 Å². The predicted octanol–water partition coefficient (Wildman–Crippen LogP) is 2.74. The zero-order valence-electron chi connectivity index (χ0n) is 16.3. The Labute approximate surface area is 170 Å². The molecule has 29 heavy (non-hydrogen) atoms. The molecule has 0 unspecified atom stereocenters. The van der Waals surface area contributed by atoms with E-state index in [1.165, 1.54) is 34.9 Å². The molecule has 9 heteroatoms. The number of anilines is 1. The maximum atomic E-state index is 12.9. The van der Waals surface area contributed by atoms with Crippen LogP contribution in [0.15, 0.2) is 52.0 Å². The van der Waals surface area contributed by atoms with Crippen LogP contribution in [0.1, 0.15) is 19.6 Å². The number of amides is 1. The fourth-order valence-electron chi connectivity index (χ4n) is 2.78. The van der Waals surface area contributed by atoms with E-state index >= 15 is 0 Å². The fourth-order valence-corrected chi connectivity index (χ4v) is 4.21. The first-order chi connectivity index (χ1) is 13.9. The Morgan fingerprint density at radius 1 is 1.24 bits per heavy atom. The van der Waals surface area contributed by atoms with E-state index in [4.69, 9.17) is 13.9 Å². The van der Waals surface area contributed by atoms with Gasteiger partial charge in [0.2, 0.25) is 15.9 Å². The van der Waals surface area contributed by atoms with E-state index in [0.29, 0.717) is 37.8 Å². The smallest absolute Gasteiger partial charge is 0.248 e. The number of nitrogens with zero attached hydrogens (tertiary/aromatic N) is 1. The number of furan rings is 1. The molecule has 2 heterocycles. The van der Waals surface area contributed by atoms with Gasteiger partial charge in [-0.3, -0.25) is 4.79 Å². The number of sulfonamides is 1. The van der Waals surface area contributed by atoms with Crippen LogP contribution in [-0.2, 0) is 19.6 Å². The Bertz CT molecular complexity index is 961. The highest BCUT2D eigenvalue weighted by molar-refractivity contribution is 7.89. The van der Waals surface area contributed by atoms with E-state index in [1.54, 1.807) is 18.2 Å². The van der Waals surface area contributed by atoms with Crippen LogP contribution >= 0.6 is 0 Å². The average Bonchev–Trinajstić information content (AvgIpc) is 3.21. The molecule has 8 nitrogen and oxygen atoms in total. The van der Waals surface area contributed by atoms with Crippen molar-refractivity contribution in [1.82, 2.24) is 4.31 Å². The van der Waals surface area contributed by atoms with E-state index in [9.17, 15) is 13.2 Å². The topological polar surface area (TPSA) is 98.1 Å². The van der Waals surface area contributed by atoms with Gasteiger partial charge >= 0.3 is 0 Å². The molecule has 1 aliphatic heterocycles. The maximum Gasteiger partial charge on any atom is 0.248 e. The van der Waals surface area contributed by atoms with Crippen molar-refractivity contribution in [2.24, 2.45) is 0 Å². The number of nitrogens with one attached hydrogen (secondary N) is 1. The lowest BCUT2D eigenvalue weighted by Crippen LogP contribution is -2.40. The minimum Gasteiger partial charge on any atom is -0.489 e. The van der Waals surface area contributed by atoms with Crippen LogP contribution < -0.4 is 10.1 Å². The molecule has 1 saturated heterocycles. The Balaban J connectivity index is 1.86. The summed E-state index contributed by atoms with van der Waals surface area (Å²) in [6.45, 7) is 4.99. The molecule has 0 saturated carbocycles. The molecule has 0 bridgehead atoms. The van der Waals surface area contributed by atoms with Crippen LogP contribution in [0.4, 0.5) is 5.69 Å². The van der Waals surface area contributed by atoms with Crippen molar-refractivity contribution in [3.05, 3.63) is 48.4 Å². The lowest BCUT2D eigenvalue weighted by atomic mass is 10.2. The third-order valence-electron chi connectivity index (χ3n) is 4.12. The number of carbonyl (C=O) groups excluding carboxylic acids is 1. The summed E-state index contributed by atoms with van der Waals surface area (Å²) >= 11 is 0. The first-order valence-corrected chi connectivity index (χ1v) is 10.7. The van der Waals surface area contributed by atoms with Gasteiger partial charge in [-0.2, -0.15) is 4.31 Å². The number of benzene rings is 1. The largest absolute Gasteiger partial charge is 0.489 e. The van der Waals surface area contributed by atoms with Gasteiger partial charge in [0, 0.05) is 19.2 Å². The summed E-state index contributed by atoms with van der Waals surface area (Å²) in [6.07, 6.45) is 4.19. The summed E-state index contributed by atoms with van der Waals surface area (Å²) in [7, 11) is -3.70. The predicted molar refractivity (Wildman–Crippen MR) is 108 cm³/mol. The van der Waals surface area contributed by atoms with Crippen LogP contribution in [0.5, 0.6) is 5.75 Å². The summed E-state index contributed by atoms with van der Waals surface area (Å²) in [5.41, 5.74) is 0.280. The van der Waals surface area contributed by atoms with E-state index in [1.807, 2.05) is 13.8 Å². The van der Waals surface area contributed by atoms with Crippen molar-refractivity contribution in [1.29, 1.82) is 0 Å². The van der Waals surface area contributed by atoms with Crippen molar-refractivity contribution in [2.75, 3.05) is 31.6 Å². The van der Waals surface area contributed by atoms with Gasteiger partial charge in [-0.25, -0.2) is 8.42 Å². The molecule has 0 radical (unpaired) electrons. The molecule has 0 spiro atoms. The number of hydrogen-bond donors (Lipinski definition) is 1. The normalized spacial score (nSPS) is 15.7. The summed E-state index contributed by atoms with van der Waals surface area (Å²) in [5, 5.41) is 2.69. The van der Waals surface area contributed by atoms with Gasteiger partial charge < -0.3 is 19.2 Å². The van der Waals surface area contributed by atoms with Gasteiger partial charge in [-0.1, -0.05) is 0 Å². The quantitative estimate of drug-likeness (QED) is 0.692.